The van der Waals surface area contributed by atoms with Crippen LogP contribution < -0.4 is 4.74 Å². The van der Waals surface area contributed by atoms with Gasteiger partial charge in [0.2, 0.25) is 10.0 Å². The molecule has 0 N–H and O–H groups in total. The average molecular weight is 298 g/mol. The Kier molecular flexibility index (Phi) is 4.36. The molecule has 0 spiro atoms. The molecule has 0 aromatic heterocycles. The highest BCUT2D eigenvalue weighted by molar-refractivity contribution is 7.89. The number of methoxy groups -OCH3 is 1. The summed E-state index contributed by atoms with van der Waals surface area (Å²) in [6, 6.07) is 3.38. The summed E-state index contributed by atoms with van der Waals surface area (Å²) >= 11 is 0. The van der Waals surface area contributed by atoms with Gasteiger partial charge >= 0.3 is 0 Å². The quantitative estimate of drug-likeness (QED) is 0.843. The predicted octanol–water partition coefficient (Wildman–Crippen LogP) is 1.25. The number of sulfonamides is 1. The maximum atomic E-state index is 12.7. The molecule has 1 saturated heterocycles. The van der Waals surface area contributed by atoms with E-state index in [1.807, 2.05) is 20.9 Å². The summed E-state index contributed by atoms with van der Waals surface area (Å²) in [4.78, 5) is 2.53. The first-order valence-electron chi connectivity index (χ1n) is 6.71. The minimum Gasteiger partial charge on any atom is -0.496 e. The van der Waals surface area contributed by atoms with Crippen molar-refractivity contribution in [3.8, 4) is 5.75 Å². The van der Waals surface area contributed by atoms with Crippen molar-refractivity contribution in [3.05, 3.63) is 23.3 Å². The van der Waals surface area contributed by atoms with Gasteiger partial charge in [-0.15, -0.1) is 0 Å². The summed E-state index contributed by atoms with van der Waals surface area (Å²) in [6.45, 7) is 6.35. The largest absolute Gasteiger partial charge is 0.496 e. The molecule has 0 bridgehead atoms. The fourth-order valence-corrected chi connectivity index (χ4v) is 4.14. The van der Waals surface area contributed by atoms with Crippen molar-refractivity contribution in [1.29, 1.82) is 0 Å². The molecule has 0 atom stereocenters. The Morgan fingerprint density at radius 2 is 1.65 bits per heavy atom. The third kappa shape index (κ3) is 2.68. The van der Waals surface area contributed by atoms with Crippen molar-refractivity contribution < 1.29 is 13.2 Å². The maximum Gasteiger partial charge on any atom is 0.243 e. The maximum absolute atomic E-state index is 12.7. The van der Waals surface area contributed by atoms with E-state index in [1.54, 1.807) is 23.5 Å². The first-order chi connectivity index (χ1) is 9.37. The molecule has 112 valence electrons. The Labute approximate surface area is 121 Å². The van der Waals surface area contributed by atoms with Gasteiger partial charge < -0.3 is 9.64 Å². The van der Waals surface area contributed by atoms with E-state index in [2.05, 4.69) is 4.90 Å². The highest BCUT2D eigenvalue weighted by Crippen LogP contribution is 2.29. The van der Waals surface area contributed by atoms with Crippen LogP contribution in [0.5, 0.6) is 5.75 Å². The van der Waals surface area contributed by atoms with Crippen molar-refractivity contribution in [2.45, 2.75) is 18.7 Å². The smallest absolute Gasteiger partial charge is 0.243 e. The number of likely N-dealkylation sites (N-methyl/N-ethyl adjacent to an activating group) is 1. The Hall–Kier alpha value is -1.11. The van der Waals surface area contributed by atoms with E-state index in [4.69, 9.17) is 4.74 Å². The number of nitrogens with zero attached hydrogens (tertiary/aromatic N) is 2. The van der Waals surface area contributed by atoms with E-state index in [-0.39, 0.29) is 0 Å². The lowest BCUT2D eigenvalue weighted by atomic mass is 10.1. The molecule has 5 nitrogen and oxygen atoms in total. The summed E-state index contributed by atoms with van der Waals surface area (Å²) in [5, 5.41) is 0. The van der Waals surface area contributed by atoms with E-state index >= 15 is 0 Å². The summed E-state index contributed by atoms with van der Waals surface area (Å²) in [7, 11) is 0.188. The fraction of sp³-hybridized carbons (Fsp3) is 0.571. The normalized spacial score (nSPS) is 18.2. The molecule has 1 fully saturated rings. The average Bonchev–Trinajstić information content (AvgIpc) is 2.42. The molecule has 0 amide bonds. The standard InChI is InChI=1S/C14H22N2O3S/c1-11-12(2)14(6-5-13(11)19-4)20(17,18)16-9-7-15(3)8-10-16/h5-6H,7-10H2,1-4H3. The summed E-state index contributed by atoms with van der Waals surface area (Å²) in [5.74, 6) is 0.722. The molecular formula is C14H22N2O3S. The first kappa shape index (κ1) is 15.3. The number of piperazine rings is 1. The van der Waals surface area contributed by atoms with Crippen molar-refractivity contribution >= 4 is 10.0 Å². The third-order valence-corrected chi connectivity index (χ3v) is 6.03. The van der Waals surface area contributed by atoms with Crippen LogP contribution in [-0.4, -0.2) is 58.0 Å². The van der Waals surface area contributed by atoms with Crippen LogP contribution in [0.2, 0.25) is 0 Å². The molecule has 1 aliphatic heterocycles. The lowest BCUT2D eigenvalue weighted by molar-refractivity contribution is 0.222. The highest BCUT2D eigenvalue weighted by atomic mass is 32.2. The van der Waals surface area contributed by atoms with Gasteiger partial charge in [-0.2, -0.15) is 4.31 Å². The van der Waals surface area contributed by atoms with Gasteiger partial charge in [-0.1, -0.05) is 0 Å². The monoisotopic (exact) mass is 298 g/mol. The molecule has 1 aromatic carbocycles. The van der Waals surface area contributed by atoms with Crippen molar-refractivity contribution in [3.63, 3.8) is 0 Å². The van der Waals surface area contributed by atoms with E-state index in [0.717, 1.165) is 30.0 Å². The molecular weight excluding hydrogens is 276 g/mol. The van der Waals surface area contributed by atoms with Crippen LogP contribution in [0, 0.1) is 13.8 Å². The van der Waals surface area contributed by atoms with Gasteiger partial charge in [0.15, 0.2) is 0 Å². The topological polar surface area (TPSA) is 49.9 Å². The van der Waals surface area contributed by atoms with E-state index in [1.165, 1.54) is 0 Å². The van der Waals surface area contributed by atoms with Gasteiger partial charge in [0.1, 0.15) is 5.75 Å². The number of hydrogen-bond acceptors (Lipinski definition) is 4. The molecule has 1 aliphatic rings. The summed E-state index contributed by atoms with van der Waals surface area (Å²) in [6.07, 6.45) is 0. The fourth-order valence-electron chi connectivity index (χ4n) is 2.44. The van der Waals surface area contributed by atoms with Gasteiger partial charge in [-0.05, 0) is 44.2 Å². The lowest BCUT2D eigenvalue weighted by Gasteiger charge is -2.32. The first-order valence-corrected chi connectivity index (χ1v) is 8.15. The van der Waals surface area contributed by atoms with Crippen LogP contribution in [0.1, 0.15) is 11.1 Å². The second kappa shape index (κ2) is 5.71. The van der Waals surface area contributed by atoms with Gasteiger partial charge in [0.25, 0.3) is 0 Å². The van der Waals surface area contributed by atoms with Gasteiger partial charge in [-0.25, -0.2) is 8.42 Å². The second-order valence-corrected chi connectivity index (χ2v) is 7.13. The third-order valence-electron chi connectivity index (χ3n) is 3.99. The zero-order valence-electron chi connectivity index (χ0n) is 12.5. The Balaban J connectivity index is 2.37. The molecule has 0 aliphatic carbocycles. The van der Waals surface area contributed by atoms with Crippen LogP contribution in [0.4, 0.5) is 0 Å². The predicted molar refractivity (Wildman–Crippen MR) is 78.7 cm³/mol. The van der Waals surface area contributed by atoms with Gasteiger partial charge in [0.05, 0.1) is 12.0 Å². The van der Waals surface area contributed by atoms with Gasteiger partial charge in [0, 0.05) is 26.2 Å². The second-order valence-electron chi connectivity index (χ2n) is 5.22. The molecule has 1 heterocycles. The van der Waals surface area contributed by atoms with Crippen LogP contribution in [0.25, 0.3) is 0 Å². The molecule has 1 aromatic rings. The zero-order chi connectivity index (χ0) is 14.9. The van der Waals surface area contributed by atoms with E-state index < -0.39 is 10.0 Å². The van der Waals surface area contributed by atoms with Crippen molar-refractivity contribution in [1.82, 2.24) is 9.21 Å². The molecule has 0 radical (unpaired) electrons. The minimum absolute atomic E-state index is 0.389. The van der Waals surface area contributed by atoms with Crippen LogP contribution in [0.3, 0.4) is 0 Å². The highest BCUT2D eigenvalue weighted by Gasteiger charge is 2.29. The molecule has 0 saturated carbocycles. The zero-order valence-corrected chi connectivity index (χ0v) is 13.3. The Bertz CT molecular complexity index is 591. The Morgan fingerprint density at radius 1 is 1.05 bits per heavy atom. The molecule has 0 unspecified atom stereocenters. The number of rotatable bonds is 3. The summed E-state index contributed by atoms with van der Waals surface area (Å²) in [5.41, 5.74) is 1.64. The van der Waals surface area contributed by atoms with Crippen LogP contribution in [0.15, 0.2) is 17.0 Å². The van der Waals surface area contributed by atoms with E-state index in [9.17, 15) is 8.42 Å². The molecule has 20 heavy (non-hydrogen) atoms. The molecule has 6 heteroatoms. The van der Waals surface area contributed by atoms with Crippen LogP contribution >= 0.6 is 0 Å². The lowest BCUT2D eigenvalue weighted by Crippen LogP contribution is -2.47. The van der Waals surface area contributed by atoms with Crippen molar-refractivity contribution in [2.75, 3.05) is 40.3 Å². The number of ether oxygens (including phenoxy) is 1. The number of benzene rings is 1. The van der Waals surface area contributed by atoms with Gasteiger partial charge in [-0.3, -0.25) is 0 Å². The SMILES string of the molecule is COc1ccc(S(=O)(=O)N2CCN(C)CC2)c(C)c1C. The Morgan fingerprint density at radius 3 is 2.20 bits per heavy atom. The number of hydrogen-bond donors (Lipinski definition) is 0. The minimum atomic E-state index is -3.41. The summed E-state index contributed by atoms with van der Waals surface area (Å²) < 4.78 is 32.3. The van der Waals surface area contributed by atoms with Crippen molar-refractivity contribution in [2.24, 2.45) is 0 Å². The van der Waals surface area contributed by atoms with E-state index in [0.29, 0.717) is 18.0 Å². The van der Waals surface area contributed by atoms with Crippen LogP contribution in [-0.2, 0) is 10.0 Å². The molecule has 2 rings (SSSR count).